The van der Waals surface area contributed by atoms with Crippen molar-refractivity contribution in [2.24, 2.45) is 5.73 Å². The van der Waals surface area contributed by atoms with E-state index in [0.717, 1.165) is 23.7 Å². The van der Waals surface area contributed by atoms with Crippen LogP contribution in [0.2, 0.25) is 0 Å². The van der Waals surface area contributed by atoms with Gasteiger partial charge in [0.1, 0.15) is 23.5 Å². The molecule has 0 spiro atoms. The molecule has 0 radical (unpaired) electrons. The first-order chi connectivity index (χ1) is 18.5. The molecular formula is C24H24F2N8O5. The highest BCUT2D eigenvalue weighted by Crippen LogP contribution is 2.35. The first-order valence-electron chi connectivity index (χ1n) is 11.0. The van der Waals surface area contributed by atoms with Crippen LogP contribution in [0.25, 0.3) is 5.95 Å². The lowest BCUT2D eigenvalue weighted by Crippen LogP contribution is -2.18. The number of hydrogen-bond donors (Lipinski definition) is 5. The SMILES string of the molecule is CC(=O)O.COc1cc(F)c(C(Nc2ccc(C(=N)N)c(F)c2)c2nn(-c3ncccn3)c(=O)[nH]2)cc1OC. The van der Waals surface area contributed by atoms with Gasteiger partial charge in [0.25, 0.3) is 11.9 Å². The molecule has 15 heteroatoms. The first kappa shape index (κ1) is 28.2. The molecule has 0 bridgehead atoms. The minimum absolute atomic E-state index is 0.00314. The molecule has 4 aromatic rings. The quantitative estimate of drug-likeness (QED) is 0.163. The predicted molar refractivity (Wildman–Crippen MR) is 135 cm³/mol. The predicted octanol–water partition coefficient (Wildman–Crippen LogP) is 2.22. The molecule has 0 aliphatic heterocycles. The van der Waals surface area contributed by atoms with Crippen molar-refractivity contribution >= 4 is 17.5 Å². The second-order valence-electron chi connectivity index (χ2n) is 7.71. The number of halogens is 2. The van der Waals surface area contributed by atoms with Gasteiger partial charge in [-0.25, -0.2) is 23.5 Å². The Morgan fingerprint density at radius 2 is 1.74 bits per heavy atom. The third kappa shape index (κ3) is 6.71. The molecule has 13 nitrogen and oxygen atoms in total. The molecule has 0 amide bonds. The Hall–Kier alpha value is -5.34. The summed E-state index contributed by atoms with van der Waals surface area (Å²) in [6, 6.07) is 6.82. The maximum absolute atomic E-state index is 15.2. The van der Waals surface area contributed by atoms with Gasteiger partial charge in [-0.15, -0.1) is 9.78 Å². The van der Waals surface area contributed by atoms with Crippen LogP contribution in [0.1, 0.15) is 29.9 Å². The van der Waals surface area contributed by atoms with E-state index in [1.807, 2.05) is 0 Å². The third-order valence-electron chi connectivity index (χ3n) is 5.03. The summed E-state index contributed by atoms with van der Waals surface area (Å²) >= 11 is 0. The van der Waals surface area contributed by atoms with Crippen LogP contribution >= 0.6 is 0 Å². The van der Waals surface area contributed by atoms with Gasteiger partial charge in [0.2, 0.25) is 0 Å². The normalized spacial score (nSPS) is 11.1. The fourth-order valence-electron chi connectivity index (χ4n) is 3.38. The third-order valence-corrected chi connectivity index (χ3v) is 5.03. The van der Waals surface area contributed by atoms with Crippen LogP contribution in [-0.4, -0.2) is 55.9 Å². The smallest absolute Gasteiger partial charge is 0.350 e. The van der Waals surface area contributed by atoms with Crippen molar-refractivity contribution in [1.29, 1.82) is 5.41 Å². The summed E-state index contributed by atoms with van der Waals surface area (Å²) in [6.07, 6.45) is 2.87. The molecule has 2 aromatic heterocycles. The lowest BCUT2D eigenvalue weighted by Gasteiger charge is -2.20. The number of nitrogens with two attached hydrogens (primary N) is 1. The number of amidine groups is 1. The highest BCUT2D eigenvalue weighted by molar-refractivity contribution is 5.95. The zero-order chi connectivity index (χ0) is 28.7. The molecule has 0 fully saturated rings. The number of nitrogen functional groups attached to an aromatic ring is 1. The van der Waals surface area contributed by atoms with E-state index in [9.17, 15) is 9.18 Å². The Labute approximate surface area is 219 Å². The minimum Gasteiger partial charge on any atom is -0.493 e. The van der Waals surface area contributed by atoms with Gasteiger partial charge in [-0.1, -0.05) is 0 Å². The van der Waals surface area contributed by atoms with Crippen molar-refractivity contribution in [2.45, 2.75) is 13.0 Å². The number of aromatic amines is 1. The van der Waals surface area contributed by atoms with Gasteiger partial charge in [-0.2, -0.15) is 0 Å². The van der Waals surface area contributed by atoms with Crippen molar-refractivity contribution in [1.82, 2.24) is 24.7 Å². The van der Waals surface area contributed by atoms with Crippen LogP contribution in [0.4, 0.5) is 14.5 Å². The number of rotatable bonds is 8. The highest BCUT2D eigenvalue weighted by Gasteiger charge is 2.26. The Bertz CT molecular complexity index is 1540. The number of hydrogen-bond acceptors (Lipinski definition) is 9. The molecule has 39 heavy (non-hydrogen) atoms. The number of carboxylic acids is 1. The molecule has 2 heterocycles. The van der Waals surface area contributed by atoms with Crippen LogP contribution in [0.5, 0.6) is 11.5 Å². The van der Waals surface area contributed by atoms with E-state index < -0.39 is 35.2 Å². The molecule has 204 valence electrons. The monoisotopic (exact) mass is 542 g/mol. The zero-order valence-electron chi connectivity index (χ0n) is 20.9. The molecule has 1 atom stereocenters. The summed E-state index contributed by atoms with van der Waals surface area (Å²) in [7, 11) is 2.76. The molecule has 0 aliphatic rings. The number of carbonyl (C=O) groups is 1. The fraction of sp³-hybridized carbons (Fsp3) is 0.167. The summed E-state index contributed by atoms with van der Waals surface area (Å²) in [4.78, 5) is 32.2. The van der Waals surface area contributed by atoms with Crippen LogP contribution < -0.4 is 26.2 Å². The second kappa shape index (κ2) is 12.3. The molecule has 0 aliphatic carbocycles. The standard InChI is InChI=1S/C22H20F2N8O3.C2H4O2/c1-34-16-9-13(15(24)10-17(16)35-2)18(29-11-4-5-12(19(25)26)14(23)8-11)20-30-22(33)32(31-20)21-27-6-3-7-28-21;1-2(3)4/h3-10,18,29H,1-2H3,(H3,25,26)(H,30,31,33);1H3,(H,3,4). The maximum Gasteiger partial charge on any atom is 0.350 e. The van der Waals surface area contributed by atoms with Crippen LogP contribution in [0.15, 0.2) is 53.6 Å². The number of nitrogens with zero attached hydrogens (tertiary/aromatic N) is 4. The largest absolute Gasteiger partial charge is 0.493 e. The summed E-state index contributed by atoms with van der Waals surface area (Å²) in [5.74, 6) is -2.36. The van der Waals surface area contributed by atoms with E-state index >= 15 is 4.39 Å². The second-order valence-corrected chi connectivity index (χ2v) is 7.71. The number of aromatic nitrogens is 5. The average molecular weight is 543 g/mol. The summed E-state index contributed by atoms with van der Waals surface area (Å²) < 4.78 is 41.1. The van der Waals surface area contributed by atoms with Crippen molar-refractivity contribution in [3.05, 3.63) is 87.9 Å². The zero-order valence-corrected chi connectivity index (χ0v) is 20.9. The molecule has 4 rings (SSSR count). The van der Waals surface area contributed by atoms with Gasteiger partial charge in [-0.3, -0.25) is 15.2 Å². The number of benzene rings is 2. The van der Waals surface area contributed by atoms with Crippen molar-refractivity contribution in [3.63, 3.8) is 0 Å². The van der Waals surface area contributed by atoms with E-state index in [-0.39, 0.29) is 40.1 Å². The number of anilines is 1. The van der Waals surface area contributed by atoms with Gasteiger partial charge in [0, 0.05) is 36.6 Å². The topological polar surface area (TPSA) is 194 Å². The molecule has 0 saturated heterocycles. The van der Waals surface area contributed by atoms with Gasteiger partial charge in [0.15, 0.2) is 17.3 Å². The van der Waals surface area contributed by atoms with Gasteiger partial charge in [-0.05, 0) is 30.3 Å². The van der Waals surface area contributed by atoms with Gasteiger partial charge < -0.3 is 25.6 Å². The fourth-order valence-corrected chi connectivity index (χ4v) is 3.38. The van der Waals surface area contributed by atoms with Crippen LogP contribution in [0, 0.1) is 17.0 Å². The molecule has 1 unspecified atom stereocenters. The van der Waals surface area contributed by atoms with Gasteiger partial charge >= 0.3 is 5.69 Å². The van der Waals surface area contributed by atoms with E-state index in [2.05, 4.69) is 25.4 Å². The van der Waals surface area contributed by atoms with E-state index in [0.29, 0.717) is 0 Å². The van der Waals surface area contributed by atoms with Crippen molar-refractivity contribution in [3.8, 4) is 17.4 Å². The number of aliphatic carboxylic acids is 1. The Kier molecular flexibility index (Phi) is 8.88. The number of carboxylic acid groups (broad SMARTS) is 1. The maximum atomic E-state index is 15.2. The van der Waals surface area contributed by atoms with E-state index in [1.54, 1.807) is 6.07 Å². The summed E-state index contributed by atoms with van der Waals surface area (Å²) in [5.41, 5.74) is 4.85. The lowest BCUT2D eigenvalue weighted by atomic mass is 10.0. The van der Waals surface area contributed by atoms with Gasteiger partial charge in [0.05, 0.1) is 19.8 Å². The van der Waals surface area contributed by atoms with Crippen LogP contribution in [-0.2, 0) is 4.79 Å². The van der Waals surface area contributed by atoms with E-state index in [1.165, 1.54) is 44.8 Å². The number of nitrogens with one attached hydrogen (secondary N) is 3. The van der Waals surface area contributed by atoms with Crippen molar-refractivity contribution < 1.29 is 28.2 Å². The number of methoxy groups -OCH3 is 2. The number of H-pyrrole nitrogens is 1. The van der Waals surface area contributed by atoms with Crippen LogP contribution in [0.3, 0.4) is 0 Å². The Morgan fingerprint density at radius 1 is 1.13 bits per heavy atom. The minimum atomic E-state index is -1.12. The Morgan fingerprint density at radius 3 is 2.31 bits per heavy atom. The highest BCUT2D eigenvalue weighted by atomic mass is 19.1. The lowest BCUT2D eigenvalue weighted by molar-refractivity contribution is -0.134. The summed E-state index contributed by atoms with van der Waals surface area (Å²) in [6.45, 7) is 1.08. The Balaban J connectivity index is 0.000000983. The average Bonchev–Trinajstić information content (AvgIpc) is 3.28. The summed E-state index contributed by atoms with van der Waals surface area (Å²) in [5, 5.41) is 22.1. The number of ether oxygens (including phenoxy) is 2. The molecular weight excluding hydrogens is 518 g/mol. The molecule has 6 N–H and O–H groups in total. The van der Waals surface area contributed by atoms with Crippen molar-refractivity contribution in [2.75, 3.05) is 19.5 Å². The molecule has 0 saturated carbocycles. The molecule has 2 aromatic carbocycles. The van der Waals surface area contributed by atoms with E-state index in [4.69, 9.17) is 30.5 Å². The first-order valence-corrected chi connectivity index (χ1v) is 11.0.